The van der Waals surface area contributed by atoms with Crippen molar-refractivity contribution in [3.8, 4) is 0 Å². The Morgan fingerprint density at radius 2 is 1.96 bits per heavy atom. The second kappa shape index (κ2) is 7.34. The van der Waals surface area contributed by atoms with Crippen molar-refractivity contribution in [3.63, 3.8) is 0 Å². The molecule has 0 spiro atoms. The highest BCUT2D eigenvalue weighted by atomic mass is 32.2. The van der Waals surface area contributed by atoms with Gasteiger partial charge in [-0.2, -0.15) is 0 Å². The Bertz CT molecular complexity index is 638. The summed E-state index contributed by atoms with van der Waals surface area (Å²) < 4.78 is 23.4. The van der Waals surface area contributed by atoms with E-state index in [0.29, 0.717) is 18.8 Å². The third kappa shape index (κ3) is 4.96. The molecule has 5 nitrogen and oxygen atoms in total. The lowest BCUT2D eigenvalue weighted by atomic mass is 10.1. The van der Waals surface area contributed by atoms with E-state index in [4.69, 9.17) is 0 Å². The number of benzene rings is 1. The van der Waals surface area contributed by atoms with Crippen LogP contribution >= 0.6 is 0 Å². The van der Waals surface area contributed by atoms with Crippen molar-refractivity contribution in [2.75, 3.05) is 28.3 Å². The molecule has 0 radical (unpaired) electrons. The summed E-state index contributed by atoms with van der Waals surface area (Å²) in [6.45, 7) is 6.82. The minimum atomic E-state index is -2.89. The van der Waals surface area contributed by atoms with E-state index in [-0.39, 0.29) is 23.5 Å². The molecule has 0 saturated carbocycles. The molecule has 0 aliphatic carbocycles. The van der Waals surface area contributed by atoms with Gasteiger partial charge in [0.15, 0.2) is 9.84 Å². The number of rotatable bonds is 6. The van der Waals surface area contributed by atoms with E-state index in [1.165, 1.54) is 0 Å². The molecule has 6 heteroatoms. The van der Waals surface area contributed by atoms with Crippen LogP contribution in [0.25, 0.3) is 0 Å². The first-order valence-corrected chi connectivity index (χ1v) is 10.00. The van der Waals surface area contributed by atoms with Crippen molar-refractivity contribution >= 4 is 27.1 Å². The van der Waals surface area contributed by atoms with Crippen molar-refractivity contribution in [2.45, 2.75) is 39.7 Å². The standard InChI is InChI=1S/C17H26N2O3S/c1-4-19(16-9-10-23(21,22)12-16)15-7-5-14(6-8-15)18-17(20)11-13(2)3/h5-8,13,16H,4,9-12H2,1-3H3,(H,18,20). The molecule has 1 saturated heterocycles. The van der Waals surface area contributed by atoms with Gasteiger partial charge in [-0.1, -0.05) is 13.8 Å². The summed E-state index contributed by atoms with van der Waals surface area (Å²) in [4.78, 5) is 13.9. The van der Waals surface area contributed by atoms with E-state index in [2.05, 4.69) is 10.2 Å². The van der Waals surface area contributed by atoms with Gasteiger partial charge in [0.1, 0.15) is 0 Å². The number of sulfone groups is 1. The molecule has 1 aliphatic heterocycles. The molecule has 1 N–H and O–H groups in total. The molecule has 1 fully saturated rings. The van der Waals surface area contributed by atoms with Crippen molar-refractivity contribution in [1.29, 1.82) is 0 Å². The Morgan fingerprint density at radius 1 is 1.30 bits per heavy atom. The first-order valence-electron chi connectivity index (χ1n) is 8.17. The second-order valence-electron chi connectivity index (χ2n) is 6.54. The van der Waals surface area contributed by atoms with Crippen LogP contribution in [-0.4, -0.2) is 38.4 Å². The lowest BCUT2D eigenvalue weighted by molar-refractivity contribution is -0.116. The number of hydrogen-bond acceptors (Lipinski definition) is 4. The summed E-state index contributed by atoms with van der Waals surface area (Å²) in [7, 11) is -2.89. The predicted octanol–water partition coefficient (Wildman–Crippen LogP) is 2.68. The van der Waals surface area contributed by atoms with Gasteiger partial charge in [-0.15, -0.1) is 0 Å². The molecule has 1 amide bonds. The molecule has 1 aliphatic rings. The lowest BCUT2D eigenvalue weighted by Crippen LogP contribution is -2.36. The highest BCUT2D eigenvalue weighted by Crippen LogP contribution is 2.25. The summed E-state index contributed by atoms with van der Waals surface area (Å²) in [5, 5.41) is 2.89. The van der Waals surface area contributed by atoms with Gasteiger partial charge in [0, 0.05) is 30.4 Å². The Hall–Kier alpha value is -1.56. The fourth-order valence-electron chi connectivity index (χ4n) is 2.99. The van der Waals surface area contributed by atoms with Crippen LogP contribution in [0.15, 0.2) is 24.3 Å². The van der Waals surface area contributed by atoms with E-state index in [0.717, 1.165) is 17.9 Å². The zero-order valence-corrected chi connectivity index (χ0v) is 14.9. The average Bonchev–Trinajstić information content (AvgIpc) is 2.80. The molecule has 1 aromatic carbocycles. The monoisotopic (exact) mass is 338 g/mol. The van der Waals surface area contributed by atoms with Crippen LogP contribution in [-0.2, 0) is 14.6 Å². The summed E-state index contributed by atoms with van der Waals surface area (Å²) in [5.74, 6) is 0.849. The van der Waals surface area contributed by atoms with Crippen LogP contribution in [0.2, 0.25) is 0 Å². The van der Waals surface area contributed by atoms with Gasteiger partial charge in [-0.3, -0.25) is 4.79 Å². The third-order valence-electron chi connectivity index (χ3n) is 4.07. The van der Waals surface area contributed by atoms with Gasteiger partial charge in [0.05, 0.1) is 11.5 Å². The van der Waals surface area contributed by atoms with Crippen molar-refractivity contribution in [2.24, 2.45) is 5.92 Å². The zero-order chi connectivity index (χ0) is 17.0. The number of carbonyl (C=O) groups is 1. The number of nitrogens with zero attached hydrogens (tertiary/aromatic N) is 1. The van der Waals surface area contributed by atoms with Gasteiger partial charge in [-0.05, 0) is 43.5 Å². The van der Waals surface area contributed by atoms with E-state index >= 15 is 0 Å². The zero-order valence-electron chi connectivity index (χ0n) is 14.1. The number of carbonyl (C=O) groups excluding carboxylic acids is 1. The normalized spacial score (nSPS) is 19.7. The maximum atomic E-state index is 11.8. The molecule has 23 heavy (non-hydrogen) atoms. The van der Waals surface area contributed by atoms with Crippen LogP contribution in [0.5, 0.6) is 0 Å². The lowest BCUT2D eigenvalue weighted by Gasteiger charge is -2.29. The topological polar surface area (TPSA) is 66.5 Å². The first-order chi connectivity index (χ1) is 10.8. The maximum absolute atomic E-state index is 11.8. The highest BCUT2D eigenvalue weighted by Gasteiger charge is 2.31. The smallest absolute Gasteiger partial charge is 0.224 e. The maximum Gasteiger partial charge on any atom is 0.224 e. The van der Waals surface area contributed by atoms with E-state index in [1.807, 2.05) is 45.0 Å². The predicted molar refractivity (Wildman–Crippen MR) is 94.6 cm³/mol. The van der Waals surface area contributed by atoms with Crippen LogP contribution in [0.1, 0.15) is 33.6 Å². The minimum Gasteiger partial charge on any atom is -0.368 e. The van der Waals surface area contributed by atoms with Gasteiger partial charge in [0.2, 0.25) is 5.91 Å². The molecular weight excluding hydrogens is 312 g/mol. The molecule has 0 aromatic heterocycles. The van der Waals surface area contributed by atoms with E-state index < -0.39 is 9.84 Å². The van der Waals surface area contributed by atoms with Crippen LogP contribution in [0.4, 0.5) is 11.4 Å². The number of amides is 1. The Labute approximate surface area is 139 Å². The van der Waals surface area contributed by atoms with Gasteiger partial charge in [0.25, 0.3) is 0 Å². The summed E-state index contributed by atoms with van der Waals surface area (Å²) in [5.41, 5.74) is 1.77. The Kier molecular flexibility index (Phi) is 5.68. The fraction of sp³-hybridized carbons (Fsp3) is 0.588. The second-order valence-corrected chi connectivity index (χ2v) is 8.76. The first kappa shape index (κ1) is 17.8. The molecule has 1 unspecified atom stereocenters. The van der Waals surface area contributed by atoms with Gasteiger partial charge < -0.3 is 10.2 Å². The number of anilines is 2. The summed E-state index contributed by atoms with van der Waals surface area (Å²) in [6, 6.07) is 7.68. The molecular formula is C17H26N2O3S. The van der Waals surface area contributed by atoms with Crippen LogP contribution in [0.3, 0.4) is 0 Å². The van der Waals surface area contributed by atoms with Gasteiger partial charge >= 0.3 is 0 Å². The van der Waals surface area contributed by atoms with Crippen molar-refractivity contribution < 1.29 is 13.2 Å². The third-order valence-corrected chi connectivity index (χ3v) is 5.82. The fourth-order valence-corrected chi connectivity index (χ4v) is 4.72. The molecule has 1 atom stereocenters. The Morgan fingerprint density at radius 3 is 2.43 bits per heavy atom. The molecule has 0 bridgehead atoms. The molecule has 1 aromatic rings. The summed E-state index contributed by atoms with van der Waals surface area (Å²) in [6.07, 6.45) is 1.19. The largest absolute Gasteiger partial charge is 0.368 e. The Balaban J connectivity index is 2.04. The summed E-state index contributed by atoms with van der Waals surface area (Å²) >= 11 is 0. The number of nitrogens with one attached hydrogen (secondary N) is 1. The molecule has 128 valence electrons. The number of hydrogen-bond donors (Lipinski definition) is 1. The minimum absolute atomic E-state index is 0.0157. The van der Waals surface area contributed by atoms with Crippen molar-refractivity contribution in [1.82, 2.24) is 0 Å². The van der Waals surface area contributed by atoms with Crippen LogP contribution < -0.4 is 10.2 Å². The highest BCUT2D eigenvalue weighted by molar-refractivity contribution is 7.91. The molecule has 1 heterocycles. The van der Waals surface area contributed by atoms with E-state index in [1.54, 1.807) is 0 Å². The SMILES string of the molecule is CCN(c1ccc(NC(=O)CC(C)C)cc1)C1CCS(=O)(=O)C1. The quantitative estimate of drug-likeness (QED) is 0.866. The van der Waals surface area contributed by atoms with Gasteiger partial charge in [-0.25, -0.2) is 8.42 Å². The van der Waals surface area contributed by atoms with Crippen LogP contribution in [0, 0.1) is 5.92 Å². The van der Waals surface area contributed by atoms with E-state index in [9.17, 15) is 13.2 Å². The average molecular weight is 338 g/mol. The van der Waals surface area contributed by atoms with Crippen molar-refractivity contribution in [3.05, 3.63) is 24.3 Å². The molecule has 2 rings (SSSR count).